The number of hydrazine groups is 1. The number of halogens is 4. The van der Waals surface area contributed by atoms with E-state index in [4.69, 9.17) is 43.4 Å². The fourth-order valence-corrected chi connectivity index (χ4v) is 23.0. The smallest absolute Gasteiger partial charge is 0.275 e. The standard InChI is InChI=1S/C28H34ClF2N7O3S.C26H33ClN8O3S.2C23H29N5O4S/c1-42(40,41)34-21-9-8-19(29)14-20(21)28(39)37-13-3-2-7-23(37)22-15-25-32-24(35-11-5-12-35)16-26(38(25)33-22)36-10-4-6-18(17-36)27(30)31;1-39(37,38)31-20-9-8-18(27)15-19(20)26(36)33-13-4-2-7-22(33)21-16-24-29-23(32-11-6-12-32)17-25(35(24)30-21)34-14-5-3-10-28-34;2*1-13-6-7-18(26-33(5,31)32)17(10-13)23(30)27-9-8-14(2)11-20(27)19-12-21-24-16(4)15(3)22(29)28(21)25-19/h8-9,14-16,18,23,27,34H,2-7,10-13,17H2,1H3;8-9,15-17,22,28,31H,2-7,10-14H2,1H3;2*6-7,10,12,14,20,25-26H,8-9,11H2,1-5H3/t18-,23+;22-;14-,20+;14-,20-/m1001/s1. The van der Waals surface area contributed by atoms with E-state index in [-0.39, 0.29) is 99.3 Å². The summed E-state index contributed by atoms with van der Waals surface area (Å²) in [5.74, 6) is 2.31. The fourth-order valence-electron chi connectivity index (χ4n) is 20.4. The van der Waals surface area contributed by atoms with Gasteiger partial charge in [-0.1, -0.05) is 60.3 Å². The summed E-state index contributed by atoms with van der Waals surface area (Å²) >= 11 is 12.5. The Bertz CT molecular complexity index is 7480. The third kappa shape index (κ3) is 24.1. The maximum absolute atomic E-state index is 14.0. The van der Waals surface area contributed by atoms with E-state index in [9.17, 15) is 71.2 Å². The SMILES string of the molecule is CS(=O)(=O)Nc1ccc(Cl)cc1C(=O)N1CCCC[C@H]1c1cc2nc(N3CCC3)cc(N3CCCCN3)n2n1.CS(=O)(=O)Nc1ccc(Cl)cc1C(=O)N1CCCC[C@H]1c1cc2nc(N3CCC3)cc(N3CCC[C@@H](C(F)F)C3)n2n1.Cc1ccc(NS(C)(=O)=O)c(C(=O)N2CC[C@@H](C)C[C@@H]2c2cc3nc(C)c(C)c(=O)n3[nH]2)c1.Cc1ccc(NS(C)(=O)=O)c(C(=O)N2CC[C@H](C)C[C@@H]2c2cc3nc(C)c(C)c(=O)n3[nH]2)c1. The number of carbonyl (C=O) groups is 4. The highest BCUT2D eigenvalue weighted by Gasteiger charge is 2.41. The molecular formula is C100H125Cl2F2N25O14S4. The van der Waals surface area contributed by atoms with Crippen LogP contribution in [0.2, 0.25) is 10.0 Å². The van der Waals surface area contributed by atoms with E-state index in [1.807, 2.05) is 53.6 Å². The third-order valence-electron chi connectivity index (χ3n) is 28.5. The number of carbonyl (C=O) groups excluding carboxylic acids is 4. The molecule has 0 bridgehead atoms. The number of aromatic nitrogens is 12. The molecule has 7 N–H and O–H groups in total. The number of nitrogens with zero attached hydrogens (tertiary/aromatic N) is 18. The number of sulfonamides is 4. The molecule has 8 aromatic heterocycles. The van der Waals surface area contributed by atoms with Crippen molar-refractivity contribution in [2.45, 2.75) is 189 Å². The molecule has 0 unspecified atom stereocenters. The summed E-state index contributed by atoms with van der Waals surface area (Å²) in [6.07, 6.45) is 15.4. The zero-order chi connectivity index (χ0) is 105. The lowest BCUT2D eigenvalue weighted by Gasteiger charge is -2.38. The predicted octanol–water partition coefficient (Wildman–Crippen LogP) is 14.1. The first-order valence-corrected chi connectivity index (χ1v) is 58.0. The van der Waals surface area contributed by atoms with E-state index in [0.29, 0.717) is 143 Å². The number of amides is 4. The maximum atomic E-state index is 14.0. The molecule has 12 aromatic rings. The quantitative estimate of drug-likeness (QED) is 0.0351. The lowest BCUT2D eigenvalue weighted by Crippen LogP contribution is -2.45. The van der Waals surface area contributed by atoms with Crippen LogP contribution in [0.15, 0.2) is 119 Å². The van der Waals surface area contributed by atoms with Crippen molar-refractivity contribution < 1.29 is 61.6 Å². The topological polar surface area (TPSA) is 452 Å². The zero-order valence-corrected chi connectivity index (χ0v) is 89.0. The molecule has 147 heavy (non-hydrogen) atoms. The summed E-state index contributed by atoms with van der Waals surface area (Å²) in [6, 6.07) is 29.6. The summed E-state index contributed by atoms with van der Waals surface area (Å²) in [5.41, 5.74) is 14.5. The molecule has 786 valence electrons. The molecule has 0 aliphatic carbocycles. The largest absolute Gasteiger partial charge is 0.356 e. The molecule has 4 aromatic carbocycles. The number of aromatic amines is 2. The van der Waals surface area contributed by atoms with Crippen LogP contribution in [0.4, 0.5) is 54.8 Å². The minimum atomic E-state index is -3.64. The van der Waals surface area contributed by atoms with Crippen LogP contribution in [0, 0.1) is 59.3 Å². The number of hydrogen-bond donors (Lipinski definition) is 7. The molecule has 7 atom stereocenters. The van der Waals surface area contributed by atoms with Crippen molar-refractivity contribution >= 4 is 156 Å². The van der Waals surface area contributed by atoms with Gasteiger partial charge in [-0.25, -0.2) is 76.8 Å². The second-order valence-electron chi connectivity index (χ2n) is 40.1. The molecule has 8 aliphatic heterocycles. The molecule has 0 radical (unpaired) electrons. The number of aryl methyl sites for hydroxylation is 4. The van der Waals surface area contributed by atoms with Crippen molar-refractivity contribution in [3.05, 3.63) is 219 Å². The van der Waals surface area contributed by atoms with Crippen molar-refractivity contribution in [1.82, 2.24) is 83.4 Å². The molecule has 0 spiro atoms. The van der Waals surface area contributed by atoms with E-state index in [1.54, 1.807) is 94.3 Å². The lowest BCUT2D eigenvalue weighted by atomic mass is 9.90. The third-order valence-corrected chi connectivity index (χ3v) is 31.3. The fraction of sp³-hybridized carbons (Fsp3) is 0.480. The van der Waals surface area contributed by atoms with Crippen molar-refractivity contribution in [3.8, 4) is 0 Å². The van der Waals surface area contributed by atoms with Crippen LogP contribution in [-0.4, -0.2) is 245 Å². The molecular weight excluding hydrogens is 2010 g/mol. The van der Waals surface area contributed by atoms with Crippen molar-refractivity contribution in [3.63, 3.8) is 0 Å². The molecule has 8 saturated heterocycles. The molecule has 4 amide bonds. The summed E-state index contributed by atoms with van der Waals surface area (Å²) in [4.78, 5) is 113. The van der Waals surface area contributed by atoms with E-state index in [1.165, 1.54) is 39.4 Å². The number of hydrogen-bond acceptors (Lipinski definition) is 25. The number of nitrogens with one attached hydrogen (secondary N) is 7. The van der Waals surface area contributed by atoms with Crippen LogP contribution in [-0.2, 0) is 40.1 Å². The summed E-state index contributed by atoms with van der Waals surface area (Å²) in [7, 11) is -14.3. The average molecular weight is 2140 g/mol. The second-order valence-corrected chi connectivity index (χ2v) is 48.0. The van der Waals surface area contributed by atoms with Crippen LogP contribution >= 0.6 is 23.2 Å². The van der Waals surface area contributed by atoms with Gasteiger partial charge in [-0.2, -0.15) is 19.2 Å². The van der Waals surface area contributed by atoms with Crippen LogP contribution in [0.25, 0.3) is 22.6 Å². The van der Waals surface area contributed by atoms with Gasteiger partial charge in [-0.3, -0.25) is 62.9 Å². The van der Waals surface area contributed by atoms with Gasteiger partial charge in [0, 0.05) is 153 Å². The molecule has 39 nitrogen and oxygen atoms in total. The Balaban J connectivity index is 0.000000135. The van der Waals surface area contributed by atoms with Gasteiger partial charge in [-0.05, 0) is 217 Å². The number of benzene rings is 4. The lowest BCUT2D eigenvalue weighted by molar-refractivity contribution is 0.0545. The van der Waals surface area contributed by atoms with E-state index < -0.39 is 52.4 Å². The number of fused-ring (bicyclic) bond motifs is 4. The molecule has 8 fully saturated rings. The highest BCUT2D eigenvalue weighted by molar-refractivity contribution is 7.92. The van der Waals surface area contributed by atoms with Gasteiger partial charge in [0.15, 0.2) is 22.6 Å². The maximum Gasteiger partial charge on any atom is 0.275 e. The molecule has 0 saturated carbocycles. The van der Waals surface area contributed by atoms with Crippen LogP contribution in [0.5, 0.6) is 0 Å². The minimum Gasteiger partial charge on any atom is -0.356 e. The minimum absolute atomic E-state index is 0.160. The van der Waals surface area contributed by atoms with Gasteiger partial charge in [0.1, 0.15) is 23.3 Å². The van der Waals surface area contributed by atoms with Gasteiger partial charge >= 0.3 is 0 Å². The Labute approximate surface area is 862 Å². The predicted molar refractivity (Wildman–Crippen MR) is 564 cm³/mol. The first kappa shape index (κ1) is 106. The molecule has 20 rings (SSSR count). The van der Waals surface area contributed by atoms with Crippen molar-refractivity contribution in [2.75, 3.05) is 142 Å². The number of piperidine rings is 5. The van der Waals surface area contributed by atoms with Crippen molar-refractivity contribution in [1.29, 1.82) is 0 Å². The van der Waals surface area contributed by atoms with E-state index >= 15 is 0 Å². The van der Waals surface area contributed by atoms with Crippen molar-refractivity contribution in [2.24, 2.45) is 17.8 Å². The Morgan fingerprint density at radius 2 is 0.782 bits per heavy atom. The van der Waals surface area contributed by atoms with Gasteiger partial charge in [0.2, 0.25) is 46.5 Å². The summed E-state index contributed by atoms with van der Waals surface area (Å²) < 4.78 is 139. The first-order chi connectivity index (χ1) is 69.7. The Hall–Kier alpha value is -12.6. The molecule has 47 heteroatoms. The van der Waals surface area contributed by atoms with Gasteiger partial charge in [0.05, 0.1) is 117 Å². The van der Waals surface area contributed by atoms with Crippen LogP contribution in [0.3, 0.4) is 0 Å². The van der Waals surface area contributed by atoms with Gasteiger partial charge in [0.25, 0.3) is 34.7 Å². The van der Waals surface area contributed by atoms with Gasteiger partial charge < -0.3 is 34.3 Å². The summed E-state index contributed by atoms with van der Waals surface area (Å²) in [6.45, 7) is 23.6. The van der Waals surface area contributed by atoms with E-state index in [2.05, 4.69) is 79.2 Å². The average Bonchev–Trinajstić information content (AvgIpc) is 1.64. The Kier molecular flexibility index (Phi) is 31.2. The molecule has 16 heterocycles. The van der Waals surface area contributed by atoms with Crippen LogP contribution in [0.1, 0.15) is 239 Å². The number of H-pyrrole nitrogens is 2. The second kappa shape index (κ2) is 43.3. The van der Waals surface area contributed by atoms with E-state index in [0.717, 1.165) is 192 Å². The first-order valence-electron chi connectivity index (χ1n) is 49.7. The zero-order valence-electron chi connectivity index (χ0n) is 84.2. The normalized spacial score (nSPS) is 20.1. The monoisotopic (exact) mass is 2140 g/mol. The summed E-state index contributed by atoms with van der Waals surface area (Å²) in [5, 5.41) is 19.1. The van der Waals surface area contributed by atoms with Gasteiger partial charge in [-0.15, -0.1) is 0 Å². The Morgan fingerprint density at radius 3 is 1.17 bits per heavy atom. The highest BCUT2D eigenvalue weighted by atomic mass is 35.5. The number of likely N-dealkylation sites (tertiary alicyclic amines) is 4. The highest BCUT2D eigenvalue weighted by Crippen LogP contribution is 2.43. The van der Waals surface area contributed by atoms with Crippen LogP contribution < -0.4 is 55.1 Å². The number of rotatable bonds is 21. The molecule has 8 aliphatic rings. The Morgan fingerprint density at radius 1 is 0.401 bits per heavy atom. The number of alkyl halides is 2. The number of anilines is 8.